The van der Waals surface area contributed by atoms with Gasteiger partial charge < -0.3 is 14.4 Å². The van der Waals surface area contributed by atoms with Crippen LogP contribution < -0.4 is 14.4 Å². The first-order chi connectivity index (χ1) is 18.3. The van der Waals surface area contributed by atoms with Gasteiger partial charge in [-0.3, -0.25) is 0 Å². The monoisotopic (exact) mass is 661 g/mol. The molecular formula is C29H26F6INO2. The molecule has 3 rings (SSSR count). The van der Waals surface area contributed by atoms with E-state index >= 15 is 0 Å². The van der Waals surface area contributed by atoms with Crippen LogP contribution in [-0.4, -0.2) is 16.5 Å². The quantitative estimate of drug-likeness (QED) is 0.110. The Labute approximate surface area is 236 Å². The SMILES string of the molecule is C=Cc1ccc(Oc2cccc(N(/C=C(\C)C(F)(F)I)Cc3cccc(OC(F)(F)C(F)F)c3)c2)cc1CC. The molecule has 39 heavy (non-hydrogen) atoms. The smallest absolute Gasteiger partial charge is 0.457 e. The van der Waals surface area contributed by atoms with Crippen molar-refractivity contribution in [3.8, 4) is 17.2 Å². The number of hydrogen-bond donors (Lipinski definition) is 0. The van der Waals surface area contributed by atoms with Crippen molar-refractivity contribution in [3.63, 3.8) is 0 Å². The molecular weight excluding hydrogens is 635 g/mol. The van der Waals surface area contributed by atoms with Gasteiger partial charge in [0.15, 0.2) is 0 Å². The summed E-state index contributed by atoms with van der Waals surface area (Å²) in [4.78, 5) is 1.48. The zero-order valence-electron chi connectivity index (χ0n) is 21.1. The maximum Gasteiger partial charge on any atom is 0.461 e. The van der Waals surface area contributed by atoms with E-state index < -0.39 is 22.2 Å². The normalized spacial score (nSPS) is 12.4. The summed E-state index contributed by atoms with van der Waals surface area (Å²) < 4.78 is 87.1. The third kappa shape index (κ3) is 8.42. The molecule has 3 aromatic rings. The Morgan fingerprint density at radius 1 is 0.974 bits per heavy atom. The molecule has 0 aliphatic rings. The van der Waals surface area contributed by atoms with Crippen molar-refractivity contribution in [3.05, 3.63) is 102 Å². The molecule has 0 fully saturated rings. The van der Waals surface area contributed by atoms with E-state index in [4.69, 9.17) is 4.74 Å². The first-order valence-electron chi connectivity index (χ1n) is 11.8. The van der Waals surface area contributed by atoms with E-state index in [9.17, 15) is 26.3 Å². The molecule has 0 atom stereocenters. The summed E-state index contributed by atoms with van der Waals surface area (Å²) in [6, 6.07) is 17.4. The number of hydrogen-bond acceptors (Lipinski definition) is 3. The Hall–Kier alpha value is -3.15. The second-order valence-corrected chi connectivity index (χ2v) is 9.92. The van der Waals surface area contributed by atoms with Crippen molar-refractivity contribution in [2.24, 2.45) is 0 Å². The molecule has 0 heterocycles. The summed E-state index contributed by atoms with van der Waals surface area (Å²) >= 11 is 1.01. The van der Waals surface area contributed by atoms with Crippen LogP contribution in [0.5, 0.6) is 17.2 Å². The number of allylic oxidation sites excluding steroid dienone is 1. The summed E-state index contributed by atoms with van der Waals surface area (Å²) in [6.45, 7) is 7.02. The van der Waals surface area contributed by atoms with Gasteiger partial charge in [0.05, 0.1) is 0 Å². The number of halogens is 7. The van der Waals surface area contributed by atoms with Crippen LogP contribution in [0, 0.1) is 0 Å². The molecule has 208 valence electrons. The minimum absolute atomic E-state index is 0.0566. The first-order valence-corrected chi connectivity index (χ1v) is 12.9. The number of anilines is 1. The fourth-order valence-electron chi connectivity index (χ4n) is 3.64. The second-order valence-electron chi connectivity index (χ2n) is 8.57. The van der Waals surface area contributed by atoms with Gasteiger partial charge in [-0.25, -0.2) is 0 Å². The lowest BCUT2D eigenvalue weighted by Crippen LogP contribution is -2.33. The van der Waals surface area contributed by atoms with Crippen LogP contribution in [0.1, 0.15) is 30.5 Å². The molecule has 0 unspecified atom stereocenters. The fourth-order valence-corrected chi connectivity index (χ4v) is 3.78. The Morgan fingerprint density at radius 2 is 1.64 bits per heavy atom. The number of nitrogens with zero attached hydrogens (tertiary/aromatic N) is 1. The van der Waals surface area contributed by atoms with Gasteiger partial charge in [-0.1, -0.05) is 43.8 Å². The van der Waals surface area contributed by atoms with Gasteiger partial charge in [0.2, 0.25) is 0 Å². The van der Waals surface area contributed by atoms with Crippen LogP contribution in [0.25, 0.3) is 6.08 Å². The van der Waals surface area contributed by atoms with Crippen LogP contribution >= 0.6 is 22.6 Å². The Balaban J connectivity index is 1.94. The van der Waals surface area contributed by atoms with Gasteiger partial charge in [0.25, 0.3) is 0 Å². The maximum atomic E-state index is 14.0. The van der Waals surface area contributed by atoms with Crippen molar-refractivity contribution in [2.75, 3.05) is 4.90 Å². The first kappa shape index (κ1) is 30.4. The Bertz CT molecular complexity index is 1320. The average molecular weight is 661 g/mol. The van der Waals surface area contributed by atoms with Crippen LogP contribution in [0.4, 0.5) is 32.0 Å². The molecule has 0 spiro atoms. The zero-order chi connectivity index (χ0) is 28.8. The molecule has 0 saturated heterocycles. The summed E-state index contributed by atoms with van der Waals surface area (Å²) in [5.41, 5.74) is 2.59. The van der Waals surface area contributed by atoms with Gasteiger partial charge in [-0.2, -0.15) is 26.3 Å². The van der Waals surface area contributed by atoms with Gasteiger partial charge in [-0.05, 0) is 66.4 Å². The van der Waals surface area contributed by atoms with E-state index in [2.05, 4.69) is 11.3 Å². The minimum atomic E-state index is -4.68. The molecule has 0 N–H and O–H groups in total. The molecule has 0 aromatic heterocycles. The minimum Gasteiger partial charge on any atom is -0.457 e. The van der Waals surface area contributed by atoms with E-state index in [0.29, 0.717) is 22.7 Å². The molecule has 0 radical (unpaired) electrons. The molecule has 0 bridgehead atoms. The van der Waals surface area contributed by atoms with Crippen LogP contribution in [0.15, 0.2) is 85.1 Å². The molecule has 0 aliphatic heterocycles. The predicted molar refractivity (Wildman–Crippen MR) is 149 cm³/mol. The number of benzene rings is 3. The maximum absolute atomic E-state index is 14.0. The molecule has 0 amide bonds. The molecule has 3 aromatic carbocycles. The molecule has 10 heteroatoms. The lowest BCUT2D eigenvalue weighted by atomic mass is 10.1. The van der Waals surface area contributed by atoms with E-state index in [1.54, 1.807) is 42.5 Å². The van der Waals surface area contributed by atoms with Crippen molar-refractivity contribution < 1.29 is 35.8 Å². The summed E-state index contributed by atoms with van der Waals surface area (Å²) in [5, 5.41) is 0. The summed E-state index contributed by atoms with van der Waals surface area (Å²) in [6.07, 6.45) is -4.93. The van der Waals surface area contributed by atoms with E-state index in [1.807, 2.05) is 19.1 Å². The van der Waals surface area contributed by atoms with Crippen molar-refractivity contribution in [1.29, 1.82) is 0 Å². The Kier molecular flexibility index (Phi) is 9.98. The Morgan fingerprint density at radius 3 is 2.28 bits per heavy atom. The largest absolute Gasteiger partial charge is 0.461 e. The van der Waals surface area contributed by atoms with E-state index in [-0.39, 0.29) is 12.1 Å². The summed E-state index contributed by atoms with van der Waals surface area (Å²) in [7, 11) is 0. The highest BCUT2D eigenvalue weighted by Crippen LogP contribution is 2.34. The van der Waals surface area contributed by atoms with Crippen molar-refractivity contribution in [1.82, 2.24) is 0 Å². The fraction of sp³-hybridized carbons (Fsp3) is 0.241. The molecule has 0 aliphatic carbocycles. The highest BCUT2D eigenvalue weighted by Gasteiger charge is 2.44. The zero-order valence-corrected chi connectivity index (χ0v) is 23.3. The topological polar surface area (TPSA) is 21.7 Å². The lowest BCUT2D eigenvalue weighted by Gasteiger charge is -2.24. The van der Waals surface area contributed by atoms with Gasteiger partial charge in [0, 0.05) is 52.7 Å². The third-order valence-corrected chi connectivity index (χ3v) is 6.51. The highest BCUT2D eigenvalue weighted by molar-refractivity contribution is 14.1. The van der Waals surface area contributed by atoms with Crippen LogP contribution in [0.3, 0.4) is 0 Å². The summed E-state index contributed by atoms with van der Waals surface area (Å²) in [5.74, 6) is 0.535. The number of ether oxygens (including phenoxy) is 2. The highest BCUT2D eigenvalue weighted by atomic mass is 127. The van der Waals surface area contributed by atoms with Crippen LogP contribution in [-0.2, 0) is 13.0 Å². The molecule has 3 nitrogen and oxygen atoms in total. The van der Waals surface area contributed by atoms with E-state index in [0.717, 1.165) is 52.3 Å². The van der Waals surface area contributed by atoms with E-state index in [1.165, 1.54) is 24.1 Å². The van der Waals surface area contributed by atoms with Gasteiger partial charge >= 0.3 is 16.5 Å². The number of alkyl halides is 7. The van der Waals surface area contributed by atoms with Gasteiger partial charge in [0.1, 0.15) is 17.2 Å². The van der Waals surface area contributed by atoms with Gasteiger partial charge in [-0.15, -0.1) is 0 Å². The lowest BCUT2D eigenvalue weighted by molar-refractivity contribution is -0.253. The third-order valence-electron chi connectivity index (χ3n) is 5.66. The van der Waals surface area contributed by atoms with Crippen LogP contribution in [0.2, 0.25) is 0 Å². The standard InChI is InChI=1S/C29H26F6INO2/c1-4-21-12-13-25(15-22(21)5-2)38-24-10-7-9-23(16-24)37(17-19(3)28(32,33)36)18-20-8-6-11-26(14-20)39-29(34,35)27(30)31/h4,6-17,27H,1,5,18H2,2-3H3/b19-17+. The second kappa shape index (κ2) is 12.8. The predicted octanol–water partition coefficient (Wildman–Crippen LogP) is 9.86. The number of aryl methyl sites for hydroxylation is 1. The van der Waals surface area contributed by atoms with Crippen molar-refractivity contribution >= 4 is 34.4 Å². The van der Waals surface area contributed by atoms with Crippen molar-refractivity contribution in [2.45, 2.75) is 43.3 Å². The number of rotatable bonds is 12. The molecule has 0 saturated carbocycles. The average Bonchev–Trinajstić information content (AvgIpc) is 2.87.